The van der Waals surface area contributed by atoms with Crippen LogP contribution < -0.4 is 4.90 Å². The number of benzene rings is 2. The van der Waals surface area contributed by atoms with Gasteiger partial charge in [-0.1, -0.05) is 42.4 Å². The van der Waals surface area contributed by atoms with Crippen LogP contribution in [-0.2, 0) is 6.54 Å². The fourth-order valence-electron chi connectivity index (χ4n) is 3.27. The Morgan fingerprint density at radius 3 is 2.37 bits per heavy atom. The van der Waals surface area contributed by atoms with Crippen LogP contribution in [0.15, 0.2) is 59.1 Å². The van der Waals surface area contributed by atoms with Crippen molar-refractivity contribution in [1.82, 2.24) is 10.1 Å². The first kappa shape index (κ1) is 21.6. The first-order valence-corrected chi connectivity index (χ1v) is 10.2. The van der Waals surface area contributed by atoms with Crippen LogP contribution in [0.5, 0.6) is 0 Å². The number of anilines is 1. The van der Waals surface area contributed by atoms with E-state index in [2.05, 4.69) is 19.0 Å². The molecule has 6 heteroatoms. The highest BCUT2D eigenvalue weighted by atomic mass is 19.1. The number of amides is 1. The Morgan fingerprint density at radius 2 is 1.77 bits per heavy atom. The van der Waals surface area contributed by atoms with E-state index in [1.54, 1.807) is 4.90 Å². The lowest BCUT2D eigenvalue weighted by molar-refractivity contribution is 0.0743. The van der Waals surface area contributed by atoms with Gasteiger partial charge in [-0.25, -0.2) is 4.39 Å². The number of hydrogen-bond acceptors (Lipinski definition) is 4. The van der Waals surface area contributed by atoms with Gasteiger partial charge >= 0.3 is 0 Å². The Kier molecular flexibility index (Phi) is 6.87. The van der Waals surface area contributed by atoms with Crippen molar-refractivity contribution < 1.29 is 13.7 Å². The average Bonchev–Trinajstić information content (AvgIpc) is 3.17. The molecule has 0 spiro atoms. The Morgan fingerprint density at radius 1 is 1.10 bits per heavy atom. The van der Waals surface area contributed by atoms with Crippen molar-refractivity contribution in [1.29, 1.82) is 0 Å². The summed E-state index contributed by atoms with van der Waals surface area (Å²) in [5.41, 5.74) is 2.99. The number of hydrogen-bond donors (Lipinski definition) is 0. The zero-order chi connectivity index (χ0) is 21.7. The minimum absolute atomic E-state index is 0.143. The third kappa shape index (κ3) is 4.70. The highest BCUT2D eigenvalue weighted by Gasteiger charge is 2.26. The van der Waals surface area contributed by atoms with Crippen LogP contribution in [-0.4, -0.2) is 35.6 Å². The van der Waals surface area contributed by atoms with E-state index >= 15 is 0 Å². The van der Waals surface area contributed by atoms with Gasteiger partial charge in [-0.15, -0.1) is 0 Å². The van der Waals surface area contributed by atoms with E-state index in [0.29, 0.717) is 24.5 Å². The van der Waals surface area contributed by atoms with Gasteiger partial charge in [0.05, 0.1) is 12.1 Å². The lowest BCUT2D eigenvalue weighted by Crippen LogP contribution is -2.33. The lowest BCUT2D eigenvalue weighted by Gasteiger charge is -2.25. The normalized spacial score (nSPS) is 11.0. The molecule has 0 bridgehead atoms. The van der Waals surface area contributed by atoms with E-state index in [9.17, 15) is 9.18 Å². The predicted octanol–water partition coefficient (Wildman–Crippen LogP) is 5.38. The van der Waals surface area contributed by atoms with E-state index in [4.69, 9.17) is 4.52 Å². The van der Waals surface area contributed by atoms with Crippen LogP contribution in [0.4, 0.5) is 10.3 Å². The SMILES string of the molecule is CCCN(Cc1c(-c2ccccc2)noc1N(C)C(C)C)C(=O)c1ccc(F)cc1. The largest absolute Gasteiger partial charge is 0.341 e. The quantitative estimate of drug-likeness (QED) is 0.501. The summed E-state index contributed by atoms with van der Waals surface area (Å²) < 4.78 is 19.1. The second-order valence-electron chi connectivity index (χ2n) is 7.62. The van der Waals surface area contributed by atoms with Crippen molar-refractivity contribution in [2.45, 2.75) is 39.8 Å². The van der Waals surface area contributed by atoms with E-state index in [-0.39, 0.29) is 17.8 Å². The summed E-state index contributed by atoms with van der Waals surface area (Å²) in [5.74, 6) is 0.145. The molecule has 0 aliphatic carbocycles. The standard InChI is InChI=1S/C24H28FN3O2/c1-5-15-28(23(29)19-11-13-20(25)14-12-19)16-21-22(18-9-7-6-8-10-18)26-30-24(21)27(4)17(2)3/h6-14,17H,5,15-16H2,1-4H3. The molecule has 3 aromatic rings. The number of aromatic nitrogens is 1. The molecule has 2 aromatic carbocycles. The molecule has 1 amide bonds. The monoisotopic (exact) mass is 409 g/mol. The highest BCUT2D eigenvalue weighted by molar-refractivity contribution is 5.94. The second-order valence-corrected chi connectivity index (χ2v) is 7.62. The van der Waals surface area contributed by atoms with Gasteiger partial charge in [-0.05, 0) is 44.5 Å². The number of carbonyl (C=O) groups is 1. The average molecular weight is 410 g/mol. The van der Waals surface area contributed by atoms with E-state index in [0.717, 1.165) is 23.2 Å². The molecule has 1 aromatic heterocycles. The third-order valence-corrected chi connectivity index (χ3v) is 5.13. The third-order valence-electron chi connectivity index (χ3n) is 5.13. The Hall–Kier alpha value is -3.15. The summed E-state index contributed by atoms with van der Waals surface area (Å²) in [4.78, 5) is 17.0. The molecule has 0 radical (unpaired) electrons. The number of carbonyl (C=O) groups excluding carboxylic acids is 1. The molecule has 30 heavy (non-hydrogen) atoms. The second kappa shape index (κ2) is 9.57. The number of halogens is 1. The molecule has 0 unspecified atom stereocenters. The van der Waals surface area contributed by atoms with Crippen molar-refractivity contribution in [2.24, 2.45) is 0 Å². The molecule has 3 rings (SSSR count). The summed E-state index contributed by atoms with van der Waals surface area (Å²) in [6.07, 6.45) is 0.800. The maximum Gasteiger partial charge on any atom is 0.254 e. The molecule has 0 saturated heterocycles. The van der Waals surface area contributed by atoms with Crippen LogP contribution in [0, 0.1) is 5.82 Å². The molecule has 0 aliphatic rings. The van der Waals surface area contributed by atoms with Crippen LogP contribution >= 0.6 is 0 Å². The molecule has 0 N–H and O–H groups in total. The van der Waals surface area contributed by atoms with Crippen LogP contribution in [0.25, 0.3) is 11.3 Å². The minimum atomic E-state index is -0.361. The topological polar surface area (TPSA) is 49.6 Å². The maximum absolute atomic E-state index is 13.3. The summed E-state index contributed by atoms with van der Waals surface area (Å²) >= 11 is 0. The first-order valence-electron chi connectivity index (χ1n) is 10.2. The number of nitrogens with zero attached hydrogens (tertiary/aromatic N) is 3. The fraction of sp³-hybridized carbons (Fsp3) is 0.333. The van der Waals surface area contributed by atoms with Gasteiger partial charge in [0.15, 0.2) is 0 Å². The minimum Gasteiger partial charge on any atom is -0.341 e. The van der Waals surface area contributed by atoms with Crippen LogP contribution in [0.1, 0.15) is 43.1 Å². The fourth-order valence-corrected chi connectivity index (χ4v) is 3.27. The van der Waals surface area contributed by atoms with E-state index in [1.807, 2.05) is 49.2 Å². The predicted molar refractivity (Wildman–Crippen MR) is 117 cm³/mol. The molecule has 0 aliphatic heterocycles. The molecule has 0 fully saturated rings. The Labute approximate surface area is 177 Å². The van der Waals surface area contributed by atoms with Gasteiger partial charge in [0.1, 0.15) is 11.5 Å². The molecule has 1 heterocycles. The van der Waals surface area contributed by atoms with Gasteiger partial charge in [-0.2, -0.15) is 0 Å². The molecule has 158 valence electrons. The van der Waals surface area contributed by atoms with Crippen molar-refractivity contribution in [3.05, 3.63) is 71.5 Å². The maximum atomic E-state index is 13.3. The van der Waals surface area contributed by atoms with Gasteiger partial charge in [0, 0.05) is 30.8 Å². The molecule has 5 nitrogen and oxygen atoms in total. The van der Waals surface area contributed by atoms with E-state index < -0.39 is 0 Å². The van der Waals surface area contributed by atoms with Crippen molar-refractivity contribution in [3.8, 4) is 11.3 Å². The van der Waals surface area contributed by atoms with Gasteiger partial charge in [0.2, 0.25) is 5.88 Å². The smallest absolute Gasteiger partial charge is 0.254 e. The molecule has 0 atom stereocenters. The van der Waals surface area contributed by atoms with Crippen molar-refractivity contribution in [3.63, 3.8) is 0 Å². The van der Waals surface area contributed by atoms with Crippen LogP contribution in [0.2, 0.25) is 0 Å². The number of rotatable bonds is 8. The molecule has 0 saturated carbocycles. The summed E-state index contributed by atoms with van der Waals surface area (Å²) in [6.45, 7) is 7.09. The Balaban J connectivity index is 2.01. The van der Waals surface area contributed by atoms with Crippen molar-refractivity contribution in [2.75, 3.05) is 18.5 Å². The van der Waals surface area contributed by atoms with E-state index in [1.165, 1.54) is 24.3 Å². The lowest BCUT2D eigenvalue weighted by atomic mass is 10.1. The summed E-state index contributed by atoms with van der Waals surface area (Å²) in [7, 11) is 1.95. The highest BCUT2D eigenvalue weighted by Crippen LogP contribution is 2.33. The van der Waals surface area contributed by atoms with Gasteiger partial charge in [0.25, 0.3) is 5.91 Å². The first-order chi connectivity index (χ1) is 14.4. The molecular formula is C24H28FN3O2. The van der Waals surface area contributed by atoms with Crippen LogP contribution in [0.3, 0.4) is 0 Å². The summed E-state index contributed by atoms with van der Waals surface area (Å²) in [5, 5.41) is 4.34. The zero-order valence-corrected chi connectivity index (χ0v) is 17.9. The Bertz CT molecular complexity index is 968. The van der Waals surface area contributed by atoms with Gasteiger partial charge in [-0.3, -0.25) is 4.79 Å². The van der Waals surface area contributed by atoms with Crippen molar-refractivity contribution >= 4 is 11.8 Å². The zero-order valence-electron chi connectivity index (χ0n) is 17.9. The summed E-state index contributed by atoms with van der Waals surface area (Å²) in [6, 6.07) is 15.7. The van der Waals surface area contributed by atoms with Gasteiger partial charge < -0.3 is 14.3 Å². The molecular weight excluding hydrogens is 381 g/mol.